The number of aryl methyl sites for hydroxylation is 2. The summed E-state index contributed by atoms with van der Waals surface area (Å²) in [5, 5.41) is 4.12. The predicted octanol–water partition coefficient (Wildman–Crippen LogP) is 0.653. The van der Waals surface area contributed by atoms with Gasteiger partial charge >= 0.3 is 0 Å². The lowest BCUT2D eigenvalue weighted by Crippen LogP contribution is -2.48. The van der Waals surface area contributed by atoms with Gasteiger partial charge < -0.3 is 4.90 Å². The lowest BCUT2D eigenvalue weighted by Gasteiger charge is -2.36. The van der Waals surface area contributed by atoms with Gasteiger partial charge in [0.05, 0.1) is 6.54 Å². The predicted molar refractivity (Wildman–Crippen MR) is 95.9 cm³/mol. The van der Waals surface area contributed by atoms with E-state index in [1.807, 2.05) is 6.92 Å². The molecule has 7 heteroatoms. The van der Waals surface area contributed by atoms with E-state index in [1.165, 1.54) is 22.4 Å². The number of piperazine rings is 1. The molecule has 1 aliphatic carbocycles. The Morgan fingerprint density at radius 2 is 1.92 bits per heavy atom. The maximum Gasteiger partial charge on any atom is 0.266 e. The van der Waals surface area contributed by atoms with Gasteiger partial charge in [-0.05, 0) is 32.3 Å². The number of hydrogen-bond acceptors (Lipinski definition) is 6. The second-order valence-electron chi connectivity index (χ2n) is 6.79. The molecule has 2 aromatic rings. The van der Waals surface area contributed by atoms with Crippen molar-refractivity contribution in [3.63, 3.8) is 0 Å². The average molecular weight is 340 g/mol. The van der Waals surface area contributed by atoms with Gasteiger partial charge in [-0.1, -0.05) is 0 Å². The molecule has 2 aliphatic rings. The molecule has 0 spiro atoms. The maximum absolute atomic E-state index is 11.7. The van der Waals surface area contributed by atoms with E-state index in [9.17, 15) is 4.79 Å². The Bertz CT molecular complexity index is 809. The monoisotopic (exact) mass is 340 g/mol. The van der Waals surface area contributed by atoms with Crippen molar-refractivity contribution in [2.75, 3.05) is 37.6 Å². The van der Waals surface area contributed by atoms with Gasteiger partial charge in [0.25, 0.3) is 5.56 Å². The van der Waals surface area contributed by atoms with Crippen molar-refractivity contribution in [1.29, 1.82) is 0 Å². The van der Waals surface area contributed by atoms with E-state index >= 15 is 0 Å². The quantitative estimate of drug-likeness (QED) is 0.814. The van der Waals surface area contributed by atoms with E-state index in [2.05, 4.69) is 19.9 Å². The van der Waals surface area contributed by atoms with Crippen molar-refractivity contribution in [3.05, 3.63) is 45.8 Å². The molecular weight excluding hydrogens is 316 g/mol. The number of hydrogen-bond donors (Lipinski definition) is 0. The topological polar surface area (TPSA) is 67.2 Å². The van der Waals surface area contributed by atoms with Gasteiger partial charge in [-0.25, -0.2) is 14.6 Å². The summed E-state index contributed by atoms with van der Waals surface area (Å²) >= 11 is 0. The zero-order valence-electron chi connectivity index (χ0n) is 14.7. The van der Waals surface area contributed by atoms with Crippen LogP contribution in [0.1, 0.15) is 23.5 Å². The Morgan fingerprint density at radius 1 is 1.08 bits per heavy atom. The van der Waals surface area contributed by atoms with E-state index in [1.54, 1.807) is 18.3 Å². The molecule has 1 fully saturated rings. The molecule has 0 unspecified atom stereocenters. The van der Waals surface area contributed by atoms with Crippen LogP contribution < -0.4 is 10.5 Å². The molecule has 0 N–H and O–H groups in total. The Kier molecular flexibility index (Phi) is 4.48. The van der Waals surface area contributed by atoms with Crippen LogP contribution in [0.2, 0.25) is 0 Å². The Hall–Kier alpha value is -2.28. The van der Waals surface area contributed by atoms with Gasteiger partial charge in [-0.2, -0.15) is 5.10 Å². The molecule has 25 heavy (non-hydrogen) atoms. The van der Waals surface area contributed by atoms with Gasteiger partial charge in [0.2, 0.25) is 0 Å². The third kappa shape index (κ3) is 3.42. The smallest absolute Gasteiger partial charge is 0.266 e. The third-order valence-corrected chi connectivity index (χ3v) is 5.11. The van der Waals surface area contributed by atoms with Crippen LogP contribution in [0.5, 0.6) is 0 Å². The fourth-order valence-electron chi connectivity index (χ4n) is 3.77. The van der Waals surface area contributed by atoms with Gasteiger partial charge in [0, 0.05) is 56.2 Å². The highest BCUT2D eigenvalue weighted by Crippen LogP contribution is 2.29. The third-order valence-electron chi connectivity index (χ3n) is 5.11. The van der Waals surface area contributed by atoms with E-state index in [4.69, 9.17) is 4.98 Å². The van der Waals surface area contributed by atoms with Crippen molar-refractivity contribution in [1.82, 2.24) is 24.6 Å². The normalized spacial score (nSPS) is 17.7. The van der Waals surface area contributed by atoms with E-state index in [-0.39, 0.29) is 5.56 Å². The summed E-state index contributed by atoms with van der Waals surface area (Å²) < 4.78 is 1.53. The molecule has 2 aromatic heterocycles. The number of aromatic nitrogens is 4. The van der Waals surface area contributed by atoms with E-state index in [0.717, 1.165) is 57.2 Å². The number of anilines is 1. The van der Waals surface area contributed by atoms with Crippen molar-refractivity contribution < 1.29 is 0 Å². The zero-order chi connectivity index (χ0) is 17.2. The van der Waals surface area contributed by atoms with Gasteiger partial charge in [-0.15, -0.1) is 0 Å². The summed E-state index contributed by atoms with van der Waals surface area (Å²) in [6.07, 6.45) is 5.05. The largest absolute Gasteiger partial charge is 0.354 e. The molecule has 0 bridgehead atoms. The summed E-state index contributed by atoms with van der Waals surface area (Å²) in [7, 11) is 0. The summed E-state index contributed by atoms with van der Waals surface area (Å²) in [4.78, 5) is 25.9. The first kappa shape index (κ1) is 16.2. The molecular formula is C18H24N6O. The molecule has 132 valence electrons. The Morgan fingerprint density at radius 3 is 2.72 bits per heavy atom. The highest BCUT2D eigenvalue weighted by atomic mass is 16.1. The minimum atomic E-state index is -0.0341. The van der Waals surface area contributed by atoms with Crippen molar-refractivity contribution >= 4 is 5.82 Å². The van der Waals surface area contributed by atoms with Gasteiger partial charge in [0.15, 0.2) is 0 Å². The molecule has 0 radical (unpaired) electrons. The van der Waals surface area contributed by atoms with Crippen LogP contribution in [0.4, 0.5) is 5.82 Å². The van der Waals surface area contributed by atoms with Crippen LogP contribution in [-0.2, 0) is 19.4 Å². The van der Waals surface area contributed by atoms with Crippen molar-refractivity contribution in [3.8, 4) is 0 Å². The first-order valence-corrected chi connectivity index (χ1v) is 9.06. The molecule has 0 aromatic carbocycles. The number of rotatable bonds is 4. The van der Waals surface area contributed by atoms with Crippen LogP contribution in [0.15, 0.2) is 23.1 Å². The van der Waals surface area contributed by atoms with E-state index in [0.29, 0.717) is 6.54 Å². The standard InChI is InChI=1S/C18H24N6O/c1-14-20-16-5-2-4-15(16)18(21-14)23-11-8-22(9-12-23)10-13-24-17(25)6-3-7-19-24/h3,6-7H,2,4-5,8-13H2,1H3. The van der Waals surface area contributed by atoms with E-state index < -0.39 is 0 Å². The van der Waals surface area contributed by atoms with Crippen LogP contribution in [-0.4, -0.2) is 57.4 Å². The minimum Gasteiger partial charge on any atom is -0.354 e. The second-order valence-corrected chi connectivity index (χ2v) is 6.79. The summed E-state index contributed by atoms with van der Waals surface area (Å²) in [6, 6.07) is 3.24. The lowest BCUT2D eigenvalue weighted by atomic mass is 10.2. The van der Waals surface area contributed by atoms with Crippen LogP contribution >= 0.6 is 0 Å². The Labute approximate surface area is 147 Å². The SMILES string of the molecule is Cc1nc2c(c(N3CCN(CCn4ncccc4=O)CC3)n1)CCC2. The molecule has 1 saturated heterocycles. The minimum absolute atomic E-state index is 0.0341. The number of fused-ring (bicyclic) bond motifs is 1. The first-order chi connectivity index (χ1) is 12.2. The number of nitrogens with zero attached hydrogens (tertiary/aromatic N) is 6. The van der Waals surface area contributed by atoms with Crippen molar-refractivity contribution in [2.45, 2.75) is 32.7 Å². The Balaban J connectivity index is 1.38. The summed E-state index contributed by atoms with van der Waals surface area (Å²) in [5.74, 6) is 2.04. The van der Waals surface area contributed by atoms with Crippen LogP contribution in [0, 0.1) is 6.92 Å². The molecule has 4 rings (SSSR count). The highest BCUT2D eigenvalue weighted by molar-refractivity contribution is 5.51. The summed E-state index contributed by atoms with van der Waals surface area (Å²) in [6.45, 7) is 7.40. The highest BCUT2D eigenvalue weighted by Gasteiger charge is 2.25. The zero-order valence-corrected chi connectivity index (χ0v) is 14.7. The fraction of sp³-hybridized carbons (Fsp3) is 0.556. The summed E-state index contributed by atoms with van der Waals surface area (Å²) in [5.41, 5.74) is 2.58. The lowest BCUT2D eigenvalue weighted by molar-refractivity contribution is 0.242. The molecule has 0 atom stereocenters. The average Bonchev–Trinajstić information content (AvgIpc) is 3.09. The molecule has 3 heterocycles. The maximum atomic E-state index is 11.7. The van der Waals surface area contributed by atoms with Crippen molar-refractivity contribution in [2.24, 2.45) is 0 Å². The van der Waals surface area contributed by atoms with Gasteiger partial charge in [-0.3, -0.25) is 9.69 Å². The molecule has 7 nitrogen and oxygen atoms in total. The van der Waals surface area contributed by atoms with Crippen LogP contribution in [0.25, 0.3) is 0 Å². The second kappa shape index (κ2) is 6.92. The molecule has 1 aliphatic heterocycles. The van der Waals surface area contributed by atoms with Crippen LogP contribution in [0.3, 0.4) is 0 Å². The molecule has 0 amide bonds. The van der Waals surface area contributed by atoms with Gasteiger partial charge in [0.1, 0.15) is 11.6 Å². The first-order valence-electron chi connectivity index (χ1n) is 9.06. The molecule has 0 saturated carbocycles. The fourth-order valence-corrected chi connectivity index (χ4v) is 3.77.